The third kappa shape index (κ3) is 4.15. The molecule has 2 heterocycles. The number of fused-ring (bicyclic) bond motifs is 1. The first kappa shape index (κ1) is 20.7. The number of carbonyl (C=O) groups excluding carboxylic acids is 1. The Bertz CT molecular complexity index is 1070. The average Bonchev–Trinajstić information content (AvgIpc) is 3.19. The van der Waals surface area contributed by atoms with Crippen molar-refractivity contribution in [3.05, 3.63) is 52.6 Å². The van der Waals surface area contributed by atoms with Crippen LogP contribution in [0.2, 0.25) is 0 Å². The molecule has 1 aromatic heterocycles. The standard InChI is InChI=1S/C24H29N3O2S/c1-5-19-8-9-20-21(14-19)30-24(25-20)27-12-10-26(11-13-27)22(28)15-29-23-17(3)7-6-16(2)18(23)4/h6-9,14H,5,10-13,15H2,1-4H3. The predicted molar refractivity (Wildman–Crippen MR) is 124 cm³/mol. The highest BCUT2D eigenvalue weighted by Gasteiger charge is 2.23. The van der Waals surface area contributed by atoms with Crippen LogP contribution >= 0.6 is 11.3 Å². The lowest BCUT2D eigenvalue weighted by Gasteiger charge is -2.34. The Morgan fingerprint density at radius 2 is 1.80 bits per heavy atom. The van der Waals surface area contributed by atoms with Crippen LogP contribution in [0.3, 0.4) is 0 Å². The highest BCUT2D eigenvalue weighted by atomic mass is 32.1. The summed E-state index contributed by atoms with van der Waals surface area (Å²) in [5.41, 5.74) is 5.75. The van der Waals surface area contributed by atoms with E-state index >= 15 is 0 Å². The minimum atomic E-state index is 0.0480. The Morgan fingerprint density at radius 3 is 2.53 bits per heavy atom. The first-order valence-electron chi connectivity index (χ1n) is 10.6. The van der Waals surface area contributed by atoms with Crippen LogP contribution in [0, 0.1) is 20.8 Å². The molecule has 0 unspecified atom stereocenters. The van der Waals surface area contributed by atoms with Crippen LogP contribution in [-0.4, -0.2) is 48.6 Å². The largest absolute Gasteiger partial charge is 0.483 e. The topological polar surface area (TPSA) is 45.7 Å². The Morgan fingerprint density at radius 1 is 1.07 bits per heavy atom. The number of rotatable bonds is 5. The van der Waals surface area contributed by atoms with E-state index < -0.39 is 0 Å². The summed E-state index contributed by atoms with van der Waals surface area (Å²) in [5.74, 6) is 0.884. The van der Waals surface area contributed by atoms with E-state index in [1.54, 1.807) is 11.3 Å². The fourth-order valence-electron chi connectivity index (χ4n) is 3.83. The summed E-state index contributed by atoms with van der Waals surface area (Å²) in [6.07, 6.45) is 1.04. The van der Waals surface area contributed by atoms with Gasteiger partial charge in [-0.05, 0) is 61.6 Å². The summed E-state index contributed by atoms with van der Waals surface area (Å²) in [6.45, 7) is 11.4. The van der Waals surface area contributed by atoms with Crippen LogP contribution in [0.15, 0.2) is 30.3 Å². The lowest BCUT2D eigenvalue weighted by molar-refractivity contribution is -0.133. The molecule has 0 radical (unpaired) electrons. The molecule has 30 heavy (non-hydrogen) atoms. The van der Waals surface area contributed by atoms with Crippen molar-refractivity contribution in [1.82, 2.24) is 9.88 Å². The van der Waals surface area contributed by atoms with Gasteiger partial charge in [0.05, 0.1) is 10.2 Å². The highest BCUT2D eigenvalue weighted by molar-refractivity contribution is 7.22. The van der Waals surface area contributed by atoms with E-state index in [1.807, 2.05) is 24.8 Å². The zero-order chi connectivity index (χ0) is 21.3. The van der Waals surface area contributed by atoms with Crippen LogP contribution in [-0.2, 0) is 11.2 Å². The molecule has 0 atom stereocenters. The number of benzene rings is 2. The van der Waals surface area contributed by atoms with Crippen LogP contribution in [0.1, 0.15) is 29.2 Å². The molecule has 1 amide bonds. The smallest absolute Gasteiger partial charge is 0.260 e. The van der Waals surface area contributed by atoms with E-state index in [2.05, 4.69) is 43.0 Å². The van der Waals surface area contributed by atoms with E-state index in [9.17, 15) is 4.79 Å². The zero-order valence-electron chi connectivity index (χ0n) is 18.2. The quantitative estimate of drug-likeness (QED) is 0.606. The van der Waals surface area contributed by atoms with Gasteiger partial charge in [0.25, 0.3) is 5.91 Å². The van der Waals surface area contributed by atoms with Crippen molar-refractivity contribution in [1.29, 1.82) is 0 Å². The van der Waals surface area contributed by atoms with Crippen molar-refractivity contribution in [2.24, 2.45) is 0 Å². The maximum atomic E-state index is 12.7. The molecule has 2 aromatic carbocycles. The normalized spacial score (nSPS) is 14.4. The SMILES string of the molecule is CCc1ccc2nc(N3CCN(C(=O)COc4c(C)ccc(C)c4C)CC3)sc2c1. The molecule has 3 aromatic rings. The van der Waals surface area contributed by atoms with Gasteiger partial charge in [0.1, 0.15) is 5.75 Å². The number of hydrogen-bond donors (Lipinski definition) is 0. The molecule has 1 saturated heterocycles. The van der Waals surface area contributed by atoms with Gasteiger partial charge >= 0.3 is 0 Å². The van der Waals surface area contributed by atoms with Gasteiger partial charge in [-0.1, -0.05) is 36.5 Å². The zero-order valence-corrected chi connectivity index (χ0v) is 19.0. The Labute approximate surface area is 182 Å². The van der Waals surface area contributed by atoms with E-state index in [-0.39, 0.29) is 12.5 Å². The second-order valence-corrected chi connectivity index (χ2v) is 8.97. The van der Waals surface area contributed by atoms with Crippen molar-refractivity contribution < 1.29 is 9.53 Å². The lowest BCUT2D eigenvalue weighted by atomic mass is 10.1. The summed E-state index contributed by atoms with van der Waals surface area (Å²) in [7, 11) is 0. The second-order valence-electron chi connectivity index (χ2n) is 7.96. The molecule has 1 aliphatic heterocycles. The van der Waals surface area contributed by atoms with Gasteiger partial charge in [-0.3, -0.25) is 4.79 Å². The molecule has 0 N–H and O–H groups in total. The molecule has 0 aliphatic carbocycles. The van der Waals surface area contributed by atoms with Crippen LogP contribution in [0.25, 0.3) is 10.2 Å². The molecule has 0 saturated carbocycles. The number of nitrogens with zero attached hydrogens (tertiary/aromatic N) is 3. The number of amides is 1. The monoisotopic (exact) mass is 423 g/mol. The van der Waals surface area contributed by atoms with Crippen LogP contribution in [0.4, 0.5) is 5.13 Å². The third-order valence-electron chi connectivity index (χ3n) is 5.97. The number of ether oxygens (including phenoxy) is 1. The van der Waals surface area contributed by atoms with Crippen LogP contribution < -0.4 is 9.64 Å². The molecule has 0 bridgehead atoms. The van der Waals surface area contributed by atoms with Crippen LogP contribution in [0.5, 0.6) is 5.75 Å². The number of thiazole rings is 1. The van der Waals surface area contributed by atoms with E-state index in [4.69, 9.17) is 9.72 Å². The molecule has 1 fully saturated rings. The fraction of sp³-hybridized carbons (Fsp3) is 0.417. The number of hydrogen-bond acceptors (Lipinski definition) is 5. The van der Waals surface area contributed by atoms with E-state index in [0.717, 1.165) is 47.0 Å². The van der Waals surface area contributed by atoms with Crippen molar-refractivity contribution in [3.63, 3.8) is 0 Å². The summed E-state index contributed by atoms with van der Waals surface area (Å²) < 4.78 is 7.16. The first-order valence-corrected chi connectivity index (χ1v) is 11.4. The van der Waals surface area contributed by atoms with E-state index in [0.29, 0.717) is 13.1 Å². The van der Waals surface area contributed by atoms with Gasteiger partial charge < -0.3 is 14.5 Å². The Kier molecular flexibility index (Phi) is 5.95. The summed E-state index contributed by atoms with van der Waals surface area (Å²) >= 11 is 1.74. The second kappa shape index (κ2) is 8.64. The molecule has 0 spiro atoms. The van der Waals surface area contributed by atoms with Crippen molar-refractivity contribution in [2.45, 2.75) is 34.1 Å². The minimum absolute atomic E-state index is 0.0480. The third-order valence-corrected chi connectivity index (χ3v) is 7.05. The molecule has 1 aliphatic rings. The van der Waals surface area contributed by atoms with Crippen molar-refractivity contribution >= 4 is 32.6 Å². The number of anilines is 1. The minimum Gasteiger partial charge on any atom is -0.483 e. The number of carbonyl (C=O) groups is 1. The predicted octanol–water partition coefficient (Wildman–Crippen LogP) is 4.51. The van der Waals surface area contributed by atoms with Crippen molar-refractivity contribution in [2.75, 3.05) is 37.7 Å². The molecular formula is C24H29N3O2S. The van der Waals surface area contributed by atoms with Gasteiger partial charge in [-0.15, -0.1) is 0 Å². The maximum Gasteiger partial charge on any atom is 0.260 e. The molecule has 4 rings (SSSR count). The fourth-order valence-corrected chi connectivity index (χ4v) is 4.91. The average molecular weight is 424 g/mol. The summed E-state index contributed by atoms with van der Waals surface area (Å²) in [4.78, 5) is 21.7. The van der Waals surface area contributed by atoms with Gasteiger partial charge in [-0.2, -0.15) is 0 Å². The number of piperazine rings is 1. The summed E-state index contributed by atoms with van der Waals surface area (Å²) in [6, 6.07) is 10.6. The van der Waals surface area contributed by atoms with Gasteiger partial charge in [-0.25, -0.2) is 4.98 Å². The van der Waals surface area contributed by atoms with Gasteiger partial charge in [0, 0.05) is 26.2 Å². The highest BCUT2D eigenvalue weighted by Crippen LogP contribution is 2.30. The lowest BCUT2D eigenvalue weighted by Crippen LogP contribution is -2.50. The number of aryl methyl sites for hydroxylation is 3. The molecule has 158 valence electrons. The summed E-state index contributed by atoms with van der Waals surface area (Å²) in [5, 5.41) is 1.05. The van der Waals surface area contributed by atoms with Gasteiger partial charge in [0.2, 0.25) is 0 Å². The number of aromatic nitrogens is 1. The van der Waals surface area contributed by atoms with Gasteiger partial charge in [0.15, 0.2) is 11.7 Å². The first-order chi connectivity index (χ1) is 14.5. The van der Waals surface area contributed by atoms with E-state index in [1.165, 1.54) is 15.8 Å². The van der Waals surface area contributed by atoms with Crippen molar-refractivity contribution in [3.8, 4) is 5.75 Å². The Hall–Kier alpha value is -2.60. The molecular weight excluding hydrogens is 394 g/mol. The maximum absolute atomic E-state index is 12.7. The Balaban J connectivity index is 1.35. The molecule has 5 nitrogen and oxygen atoms in total. The molecule has 6 heteroatoms.